The Morgan fingerprint density at radius 3 is 2.46 bits per heavy atom. The summed E-state index contributed by atoms with van der Waals surface area (Å²) in [6.45, 7) is 1.79. The van der Waals surface area contributed by atoms with Crippen LogP contribution in [0.2, 0.25) is 5.02 Å². The molecule has 0 saturated carbocycles. The van der Waals surface area contributed by atoms with Crippen molar-refractivity contribution in [2.45, 2.75) is 17.3 Å². The largest absolute Gasteiger partial charge is 0.325 e. The summed E-state index contributed by atoms with van der Waals surface area (Å²) in [4.78, 5) is 12.4. The van der Waals surface area contributed by atoms with Crippen molar-refractivity contribution < 1.29 is 9.18 Å². The van der Waals surface area contributed by atoms with Crippen LogP contribution in [0.25, 0.3) is 11.4 Å². The number of amides is 1. The van der Waals surface area contributed by atoms with Crippen molar-refractivity contribution in [3.63, 3.8) is 0 Å². The number of halogens is 2. The molecular weight excluding hydrogens is 375 g/mol. The number of hydrogen-bond acceptors (Lipinski definition) is 4. The van der Waals surface area contributed by atoms with Crippen molar-refractivity contribution in [2.75, 3.05) is 5.32 Å². The van der Waals surface area contributed by atoms with Gasteiger partial charge in [-0.3, -0.25) is 4.79 Å². The van der Waals surface area contributed by atoms with Crippen LogP contribution in [0.15, 0.2) is 53.7 Å². The summed E-state index contributed by atoms with van der Waals surface area (Å²) in [6, 6.07) is 12.9. The zero-order chi connectivity index (χ0) is 18.7. The molecular formula is C18H16ClFN4OS. The number of hydrogen-bond donors (Lipinski definition) is 1. The van der Waals surface area contributed by atoms with E-state index in [0.717, 1.165) is 5.56 Å². The molecule has 3 aromatic rings. The van der Waals surface area contributed by atoms with Gasteiger partial charge in [0.1, 0.15) is 5.82 Å². The van der Waals surface area contributed by atoms with Crippen molar-refractivity contribution in [1.29, 1.82) is 0 Å². The minimum atomic E-state index is -0.380. The average molecular weight is 391 g/mol. The van der Waals surface area contributed by atoms with Gasteiger partial charge in [0.2, 0.25) is 5.91 Å². The molecule has 3 rings (SSSR count). The van der Waals surface area contributed by atoms with Crippen LogP contribution in [0.4, 0.5) is 10.1 Å². The Morgan fingerprint density at radius 2 is 1.81 bits per heavy atom. The normalized spacial score (nSPS) is 12.0. The number of rotatable bonds is 5. The van der Waals surface area contributed by atoms with Gasteiger partial charge in [-0.15, -0.1) is 10.2 Å². The lowest BCUT2D eigenvalue weighted by molar-refractivity contribution is -0.115. The summed E-state index contributed by atoms with van der Waals surface area (Å²) in [7, 11) is 1.81. The Bertz CT molecular complexity index is 912. The molecule has 0 aliphatic carbocycles. The van der Waals surface area contributed by atoms with Gasteiger partial charge in [-0.25, -0.2) is 4.39 Å². The highest BCUT2D eigenvalue weighted by Gasteiger charge is 2.19. The summed E-state index contributed by atoms with van der Waals surface area (Å²) < 4.78 is 14.9. The van der Waals surface area contributed by atoms with E-state index < -0.39 is 0 Å². The number of aromatic nitrogens is 3. The first-order valence-corrected chi connectivity index (χ1v) is 9.08. The number of carbonyl (C=O) groups is 1. The van der Waals surface area contributed by atoms with Crippen LogP contribution in [-0.2, 0) is 11.8 Å². The van der Waals surface area contributed by atoms with Crippen molar-refractivity contribution in [3.8, 4) is 11.4 Å². The third-order valence-electron chi connectivity index (χ3n) is 3.70. The first kappa shape index (κ1) is 18.4. The molecule has 2 aromatic carbocycles. The van der Waals surface area contributed by atoms with Crippen LogP contribution in [-0.4, -0.2) is 25.9 Å². The van der Waals surface area contributed by atoms with Crippen molar-refractivity contribution in [1.82, 2.24) is 14.8 Å². The van der Waals surface area contributed by atoms with E-state index in [2.05, 4.69) is 15.5 Å². The second-order valence-corrected chi connectivity index (χ2v) is 7.37. The molecule has 0 saturated heterocycles. The highest BCUT2D eigenvalue weighted by Crippen LogP contribution is 2.26. The van der Waals surface area contributed by atoms with E-state index in [-0.39, 0.29) is 17.0 Å². The SMILES string of the molecule is CC(Sc1nnc(-c2ccc(F)cc2)n1C)C(=O)Nc1ccc(Cl)cc1. The number of nitrogens with zero attached hydrogens (tertiary/aromatic N) is 3. The Balaban J connectivity index is 1.69. The van der Waals surface area contributed by atoms with Crippen LogP contribution >= 0.6 is 23.4 Å². The second kappa shape index (κ2) is 7.88. The van der Waals surface area contributed by atoms with Gasteiger partial charge in [0.15, 0.2) is 11.0 Å². The van der Waals surface area contributed by atoms with Gasteiger partial charge in [0.25, 0.3) is 0 Å². The number of carbonyl (C=O) groups excluding carboxylic acids is 1. The number of thioether (sulfide) groups is 1. The molecule has 1 aromatic heterocycles. The van der Waals surface area contributed by atoms with Crippen LogP contribution in [0.3, 0.4) is 0 Å². The van der Waals surface area contributed by atoms with Crippen LogP contribution in [0, 0.1) is 5.82 Å². The topological polar surface area (TPSA) is 59.8 Å². The zero-order valence-electron chi connectivity index (χ0n) is 14.1. The lowest BCUT2D eigenvalue weighted by atomic mass is 10.2. The zero-order valence-corrected chi connectivity index (χ0v) is 15.7. The van der Waals surface area contributed by atoms with E-state index in [9.17, 15) is 9.18 Å². The first-order chi connectivity index (χ1) is 12.4. The summed E-state index contributed by atoms with van der Waals surface area (Å²) in [5.41, 5.74) is 1.43. The summed E-state index contributed by atoms with van der Waals surface area (Å²) in [5.74, 6) is 0.152. The summed E-state index contributed by atoms with van der Waals surface area (Å²) >= 11 is 7.14. The lowest BCUT2D eigenvalue weighted by Gasteiger charge is -2.11. The quantitative estimate of drug-likeness (QED) is 0.656. The number of nitrogens with one attached hydrogen (secondary N) is 1. The molecule has 0 aliphatic rings. The summed E-state index contributed by atoms with van der Waals surface area (Å²) in [5, 5.41) is 12.0. The monoisotopic (exact) mass is 390 g/mol. The fourth-order valence-electron chi connectivity index (χ4n) is 2.26. The molecule has 1 unspecified atom stereocenters. The van der Waals surface area contributed by atoms with Gasteiger partial charge in [-0.05, 0) is 55.5 Å². The smallest absolute Gasteiger partial charge is 0.237 e. The lowest BCUT2D eigenvalue weighted by Crippen LogP contribution is -2.22. The minimum Gasteiger partial charge on any atom is -0.325 e. The van der Waals surface area contributed by atoms with E-state index in [1.807, 2.05) is 7.05 Å². The first-order valence-electron chi connectivity index (χ1n) is 7.82. The molecule has 1 atom stereocenters. The van der Waals surface area contributed by atoms with Gasteiger partial charge < -0.3 is 9.88 Å². The molecule has 5 nitrogen and oxygen atoms in total. The molecule has 0 bridgehead atoms. The summed E-state index contributed by atoms with van der Waals surface area (Å²) in [6.07, 6.45) is 0. The van der Waals surface area contributed by atoms with Crippen LogP contribution in [0.1, 0.15) is 6.92 Å². The maximum atomic E-state index is 13.1. The molecule has 1 heterocycles. The predicted molar refractivity (Wildman–Crippen MR) is 102 cm³/mol. The van der Waals surface area contributed by atoms with Crippen LogP contribution in [0.5, 0.6) is 0 Å². The van der Waals surface area contributed by atoms with E-state index in [1.165, 1.54) is 23.9 Å². The second-order valence-electron chi connectivity index (χ2n) is 5.63. The van der Waals surface area contributed by atoms with E-state index >= 15 is 0 Å². The Kier molecular flexibility index (Phi) is 5.58. The maximum absolute atomic E-state index is 13.1. The third-order valence-corrected chi connectivity index (χ3v) is 5.09. The fourth-order valence-corrected chi connectivity index (χ4v) is 3.20. The Hall–Kier alpha value is -2.38. The highest BCUT2D eigenvalue weighted by atomic mass is 35.5. The van der Waals surface area contributed by atoms with Crippen molar-refractivity contribution in [3.05, 3.63) is 59.4 Å². The van der Waals surface area contributed by atoms with Gasteiger partial charge in [-0.1, -0.05) is 23.4 Å². The molecule has 26 heavy (non-hydrogen) atoms. The molecule has 1 amide bonds. The molecule has 0 fully saturated rings. The van der Waals surface area contributed by atoms with Gasteiger partial charge in [-0.2, -0.15) is 0 Å². The Morgan fingerprint density at radius 1 is 1.15 bits per heavy atom. The standard InChI is InChI=1S/C18H16ClFN4OS/c1-11(17(25)21-15-9-5-13(19)6-10-15)26-18-23-22-16(24(18)2)12-3-7-14(20)8-4-12/h3-11H,1-2H3,(H,21,25). The van der Waals surface area contributed by atoms with Gasteiger partial charge >= 0.3 is 0 Å². The van der Waals surface area contributed by atoms with Gasteiger partial charge in [0, 0.05) is 23.3 Å². The number of anilines is 1. The molecule has 8 heteroatoms. The van der Waals surface area contributed by atoms with E-state index in [0.29, 0.717) is 21.7 Å². The Labute approximate surface area is 159 Å². The number of benzene rings is 2. The molecule has 134 valence electrons. The molecule has 0 spiro atoms. The van der Waals surface area contributed by atoms with E-state index in [4.69, 9.17) is 11.6 Å². The van der Waals surface area contributed by atoms with Crippen molar-refractivity contribution >= 4 is 35.0 Å². The van der Waals surface area contributed by atoms with E-state index in [1.54, 1.807) is 47.9 Å². The van der Waals surface area contributed by atoms with Gasteiger partial charge in [0.05, 0.1) is 5.25 Å². The van der Waals surface area contributed by atoms with Crippen molar-refractivity contribution in [2.24, 2.45) is 7.05 Å². The average Bonchev–Trinajstić information content (AvgIpc) is 2.98. The predicted octanol–water partition coefficient (Wildman–Crippen LogP) is 4.39. The fraction of sp³-hybridized carbons (Fsp3) is 0.167. The molecule has 0 aliphatic heterocycles. The molecule has 0 radical (unpaired) electrons. The minimum absolute atomic E-state index is 0.149. The molecule has 1 N–H and O–H groups in total. The third kappa shape index (κ3) is 4.23. The van der Waals surface area contributed by atoms with Crippen LogP contribution < -0.4 is 5.32 Å². The highest BCUT2D eigenvalue weighted by molar-refractivity contribution is 8.00. The maximum Gasteiger partial charge on any atom is 0.237 e.